The van der Waals surface area contributed by atoms with Crippen LogP contribution in [0.4, 0.5) is 15.8 Å². The minimum atomic E-state index is -0.318. The lowest BCUT2D eigenvalue weighted by molar-refractivity contribution is 0.101. The highest BCUT2D eigenvalue weighted by molar-refractivity contribution is 6.03. The molecule has 0 amide bonds. The van der Waals surface area contributed by atoms with Crippen LogP contribution in [0.2, 0.25) is 0 Å². The lowest BCUT2D eigenvalue weighted by atomic mass is 10.1. The van der Waals surface area contributed by atoms with Crippen molar-refractivity contribution in [2.24, 2.45) is 0 Å². The molecule has 0 atom stereocenters. The fourth-order valence-corrected chi connectivity index (χ4v) is 2.15. The van der Waals surface area contributed by atoms with Crippen LogP contribution in [0.25, 0.3) is 0 Å². The van der Waals surface area contributed by atoms with Crippen molar-refractivity contribution in [3.63, 3.8) is 0 Å². The molecule has 2 aromatic rings. The van der Waals surface area contributed by atoms with Gasteiger partial charge < -0.3 is 9.64 Å². The molecular weight excluding hydrogens is 257 g/mol. The molecule has 4 heteroatoms. The van der Waals surface area contributed by atoms with Gasteiger partial charge in [-0.15, -0.1) is 0 Å². The van der Waals surface area contributed by atoms with Gasteiger partial charge in [-0.1, -0.05) is 12.1 Å². The number of methoxy groups -OCH3 is 1. The van der Waals surface area contributed by atoms with Crippen LogP contribution in [0.5, 0.6) is 5.75 Å². The van der Waals surface area contributed by atoms with E-state index in [0.29, 0.717) is 22.7 Å². The topological polar surface area (TPSA) is 29.5 Å². The quantitative estimate of drug-likeness (QED) is 0.793. The molecule has 0 aliphatic heterocycles. The number of Topliss-reactive ketones (excluding diaryl/α,β-unsaturated/α-hetero) is 1. The summed E-state index contributed by atoms with van der Waals surface area (Å²) >= 11 is 0. The molecule has 20 heavy (non-hydrogen) atoms. The van der Waals surface area contributed by atoms with E-state index in [9.17, 15) is 9.18 Å². The number of carbonyl (C=O) groups is 1. The molecular formula is C16H16FNO2. The number of benzene rings is 2. The SMILES string of the molecule is COc1cccc(N(C)c2cccc(F)c2)c1C(C)=O. The standard InChI is InChI=1S/C16H16FNO2/c1-11(19)16-14(8-5-9-15(16)20-3)18(2)13-7-4-6-12(17)10-13/h4-10H,1-3H3. The van der Waals surface area contributed by atoms with Gasteiger partial charge >= 0.3 is 0 Å². The van der Waals surface area contributed by atoms with Crippen LogP contribution in [0.3, 0.4) is 0 Å². The molecule has 0 radical (unpaired) electrons. The second kappa shape index (κ2) is 5.74. The molecule has 0 bridgehead atoms. The first-order chi connectivity index (χ1) is 9.54. The molecule has 0 spiro atoms. The number of rotatable bonds is 4. The number of halogens is 1. The summed E-state index contributed by atoms with van der Waals surface area (Å²) in [5.41, 5.74) is 1.84. The molecule has 0 aliphatic rings. The summed E-state index contributed by atoms with van der Waals surface area (Å²) in [5.74, 6) is 0.0978. The number of nitrogens with zero attached hydrogens (tertiary/aromatic N) is 1. The van der Waals surface area contributed by atoms with Crippen LogP contribution in [-0.4, -0.2) is 19.9 Å². The zero-order valence-electron chi connectivity index (χ0n) is 11.7. The highest BCUT2D eigenvalue weighted by atomic mass is 19.1. The van der Waals surface area contributed by atoms with E-state index in [1.54, 1.807) is 36.2 Å². The molecule has 0 aliphatic carbocycles. The van der Waals surface area contributed by atoms with Gasteiger partial charge in [0.25, 0.3) is 0 Å². The van der Waals surface area contributed by atoms with Gasteiger partial charge in [0.05, 0.1) is 18.4 Å². The molecule has 2 aromatic carbocycles. The van der Waals surface area contributed by atoms with E-state index < -0.39 is 0 Å². The van der Waals surface area contributed by atoms with Gasteiger partial charge in [-0.3, -0.25) is 4.79 Å². The Labute approximate surface area is 117 Å². The lowest BCUT2D eigenvalue weighted by Gasteiger charge is -2.23. The zero-order valence-corrected chi connectivity index (χ0v) is 11.7. The predicted molar refractivity (Wildman–Crippen MR) is 77.5 cm³/mol. The second-order valence-electron chi connectivity index (χ2n) is 4.45. The van der Waals surface area contributed by atoms with Crippen LogP contribution in [-0.2, 0) is 0 Å². The Hall–Kier alpha value is -2.36. The fourth-order valence-electron chi connectivity index (χ4n) is 2.15. The first-order valence-electron chi connectivity index (χ1n) is 6.22. The van der Waals surface area contributed by atoms with Crippen LogP contribution >= 0.6 is 0 Å². The van der Waals surface area contributed by atoms with E-state index in [1.807, 2.05) is 6.07 Å². The maximum Gasteiger partial charge on any atom is 0.165 e. The summed E-state index contributed by atoms with van der Waals surface area (Å²) in [4.78, 5) is 13.6. The van der Waals surface area contributed by atoms with Crippen molar-refractivity contribution in [3.8, 4) is 5.75 Å². The molecule has 0 N–H and O–H groups in total. The maximum absolute atomic E-state index is 13.3. The van der Waals surface area contributed by atoms with Gasteiger partial charge in [0, 0.05) is 12.7 Å². The lowest BCUT2D eigenvalue weighted by Crippen LogP contribution is -2.14. The first-order valence-corrected chi connectivity index (χ1v) is 6.22. The second-order valence-corrected chi connectivity index (χ2v) is 4.45. The largest absolute Gasteiger partial charge is 0.496 e. The van der Waals surface area contributed by atoms with Crippen molar-refractivity contribution in [1.29, 1.82) is 0 Å². The highest BCUT2D eigenvalue weighted by Gasteiger charge is 2.17. The third-order valence-corrected chi connectivity index (χ3v) is 3.13. The van der Waals surface area contributed by atoms with E-state index in [0.717, 1.165) is 0 Å². The Morgan fingerprint density at radius 3 is 2.50 bits per heavy atom. The summed E-state index contributed by atoms with van der Waals surface area (Å²) in [6.07, 6.45) is 0. The van der Waals surface area contributed by atoms with Crippen LogP contribution in [0.1, 0.15) is 17.3 Å². The normalized spacial score (nSPS) is 10.2. The van der Waals surface area contributed by atoms with Crippen molar-refractivity contribution in [3.05, 3.63) is 53.8 Å². The summed E-state index contributed by atoms with van der Waals surface area (Å²) < 4.78 is 18.6. The van der Waals surface area contributed by atoms with Gasteiger partial charge in [-0.25, -0.2) is 4.39 Å². The Morgan fingerprint density at radius 1 is 1.20 bits per heavy atom. The van der Waals surface area contributed by atoms with Crippen molar-refractivity contribution < 1.29 is 13.9 Å². The molecule has 0 aromatic heterocycles. The fraction of sp³-hybridized carbons (Fsp3) is 0.188. The van der Waals surface area contributed by atoms with E-state index in [2.05, 4.69) is 0 Å². The number of hydrogen-bond acceptors (Lipinski definition) is 3. The zero-order chi connectivity index (χ0) is 14.7. The van der Waals surface area contributed by atoms with Crippen molar-refractivity contribution >= 4 is 17.2 Å². The summed E-state index contributed by atoms with van der Waals surface area (Å²) in [6.45, 7) is 1.49. The number of anilines is 2. The van der Waals surface area contributed by atoms with Gasteiger partial charge in [0.2, 0.25) is 0 Å². The van der Waals surface area contributed by atoms with E-state index in [1.165, 1.54) is 26.2 Å². The van der Waals surface area contributed by atoms with E-state index in [4.69, 9.17) is 4.74 Å². The summed E-state index contributed by atoms with van der Waals surface area (Å²) in [5, 5.41) is 0. The van der Waals surface area contributed by atoms with Gasteiger partial charge in [-0.2, -0.15) is 0 Å². The number of carbonyl (C=O) groups excluding carboxylic acids is 1. The van der Waals surface area contributed by atoms with Crippen LogP contribution in [0.15, 0.2) is 42.5 Å². The Bertz CT molecular complexity index is 640. The summed E-state index contributed by atoms with van der Waals surface area (Å²) in [6, 6.07) is 11.6. The summed E-state index contributed by atoms with van der Waals surface area (Å²) in [7, 11) is 3.31. The van der Waals surface area contributed by atoms with Crippen molar-refractivity contribution in [2.45, 2.75) is 6.92 Å². The molecule has 2 rings (SSSR count). The van der Waals surface area contributed by atoms with Crippen molar-refractivity contribution in [1.82, 2.24) is 0 Å². The molecule has 3 nitrogen and oxygen atoms in total. The minimum Gasteiger partial charge on any atom is -0.496 e. The maximum atomic E-state index is 13.3. The van der Waals surface area contributed by atoms with Gasteiger partial charge in [-0.05, 0) is 37.3 Å². The molecule has 0 fully saturated rings. The smallest absolute Gasteiger partial charge is 0.165 e. The Balaban J connectivity index is 2.54. The van der Waals surface area contributed by atoms with Crippen molar-refractivity contribution in [2.75, 3.05) is 19.1 Å². The average molecular weight is 273 g/mol. The molecule has 0 saturated carbocycles. The third-order valence-electron chi connectivity index (χ3n) is 3.13. The Morgan fingerprint density at radius 2 is 1.90 bits per heavy atom. The number of ketones is 1. The molecule has 104 valence electrons. The highest BCUT2D eigenvalue weighted by Crippen LogP contribution is 2.33. The minimum absolute atomic E-state index is 0.0966. The first kappa shape index (κ1) is 14.1. The van der Waals surface area contributed by atoms with E-state index in [-0.39, 0.29) is 11.6 Å². The number of ether oxygens (including phenoxy) is 1. The average Bonchev–Trinajstić information content (AvgIpc) is 2.45. The van der Waals surface area contributed by atoms with Gasteiger partial charge in [0.15, 0.2) is 5.78 Å². The number of hydrogen-bond donors (Lipinski definition) is 0. The van der Waals surface area contributed by atoms with Gasteiger partial charge in [0.1, 0.15) is 11.6 Å². The third kappa shape index (κ3) is 2.64. The van der Waals surface area contributed by atoms with Crippen LogP contribution < -0.4 is 9.64 Å². The van der Waals surface area contributed by atoms with E-state index >= 15 is 0 Å². The Kier molecular flexibility index (Phi) is 4.03. The predicted octanol–water partition coefficient (Wildman–Crippen LogP) is 3.80. The monoisotopic (exact) mass is 273 g/mol. The molecule has 0 saturated heterocycles. The van der Waals surface area contributed by atoms with Crippen LogP contribution in [0, 0.1) is 5.82 Å². The molecule has 0 heterocycles. The molecule has 0 unspecified atom stereocenters.